The maximum Gasteiger partial charge on any atom is 0.211 e. The van der Waals surface area contributed by atoms with E-state index >= 15 is 0 Å². The molecule has 0 bridgehead atoms. The van der Waals surface area contributed by atoms with Crippen molar-refractivity contribution in [1.29, 1.82) is 0 Å². The van der Waals surface area contributed by atoms with Crippen molar-refractivity contribution in [2.24, 2.45) is 11.3 Å². The van der Waals surface area contributed by atoms with Gasteiger partial charge in [-0.05, 0) is 29.3 Å². The van der Waals surface area contributed by atoms with Gasteiger partial charge >= 0.3 is 0 Å². The number of nitrogens with zero attached hydrogens (tertiary/aromatic N) is 1. The SMILES string of the molecule is CCS(=O)(=O)NC[C@@]12COC[C@@H]1CN(Cc1ccsc1)C2. The summed E-state index contributed by atoms with van der Waals surface area (Å²) in [5.41, 5.74) is 1.28. The number of likely N-dealkylation sites (tertiary alicyclic amines) is 1. The highest BCUT2D eigenvalue weighted by molar-refractivity contribution is 7.89. The van der Waals surface area contributed by atoms with E-state index in [1.807, 2.05) is 0 Å². The van der Waals surface area contributed by atoms with Crippen LogP contribution in [0.15, 0.2) is 16.8 Å². The summed E-state index contributed by atoms with van der Waals surface area (Å²) in [7, 11) is -3.14. The van der Waals surface area contributed by atoms with Crippen molar-refractivity contribution in [3.63, 3.8) is 0 Å². The van der Waals surface area contributed by atoms with Gasteiger partial charge in [-0.1, -0.05) is 0 Å². The third-order valence-corrected chi connectivity index (χ3v) is 6.68. The fraction of sp³-hybridized carbons (Fsp3) is 0.714. The number of nitrogens with one attached hydrogen (secondary N) is 1. The normalized spacial score (nSPS) is 29.9. The van der Waals surface area contributed by atoms with Crippen molar-refractivity contribution in [2.45, 2.75) is 13.5 Å². The Labute approximate surface area is 130 Å². The topological polar surface area (TPSA) is 58.6 Å². The van der Waals surface area contributed by atoms with Crippen LogP contribution in [-0.2, 0) is 21.3 Å². The van der Waals surface area contributed by atoms with Gasteiger partial charge in [-0.25, -0.2) is 13.1 Å². The van der Waals surface area contributed by atoms with Gasteiger partial charge in [0.15, 0.2) is 0 Å². The molecule has 118 valence electrons. The lowest BCUT2D eigenvalue weighted by molar-refractivity contribution is 0.128. The van der Waals surface area contributed by atoms with Crippen LogP contribution < -0.4 is 4.72 Å². The highest BCUT2D eigenvalue weighted by Gasteiger charge is 2.50. The molecule has 2 aliphatic rings. The molecule has 0 spiro atoms. The second kappa shape index (κ2) is 5.96. The van der Waals surface area contributed by atoms with Crippen LogP contribution in [0.2, 0.25) is 0 Å². The molecular formula is C14H22N2O3S2. The van der Waals surface area contributed by atoms with Gasteiger partial charge in [-0.3, -0.25) is 4.90 Å². The van der Waals surface area contributed by atoms with Crippen LogP contribution in [0.1, 0.15) is 12.5 Å². The minimum atomic E-state index is -3.14. The Morgan fingerprint density at radius 2 is 2.43 bits per heavy atom. The maximum absolute atomic E-state index is 11.7. The zero-order valence-corrected chi connectivity index (χ0v) is 13.9. The molecule has 0 saturated carbocycles. The van der Waals surface area contributed by atoms with Gasteiger partial charge in [0.1, 0.15) is 0 Å². The first-order valence-corrected chi connectivity index (χ1v) is 9.91. The first-order valence-electron chi connectivity index (χ1n) is 7.31. The molecule has 1 aromatic heterocycles. The Morgan fingerprint density at radius 3 is 3.14 bits per heavy atom. The van der Waals surface area contributed by atoms with E-state index in [-0.39, 0.29) is 11.2 Å². The van der Waals surface area contributed by atoms with Gasteiger partial charge in [-0.2, -0.15) is 11.3 Å². The average Bonchev–Trinajstić information content (AvgIpc) is 3.13. The van der Waals surface area contributed by atoms with Gasteiger partial charge in [0.25, 0.3) is 0 Å². The Hall–Kier alpha value is -0.470. The summed E-state index contributed by atoms with van der Waals surface area (Å²) in [6, 6.07) is 2.15. The van der Waals surface area contributed by atoms with Gasteiger partial charge in [0.2, 0.25) is 10.0 Å². The van der Waals surface area contributed by atoms with Gasteiger partial charge < -0.3 is 4.74 Å². The van der Waals surface area contributed by atoms with Crippen molar-refractivity contribution in [3.05, 3.63) is 22.4 Å². The van der Waals surface area contributed by atoms with E-state index in [1.165, 1.54) is 5.56 Å². The lowest BCUT2D eigenvalue weighted by Crippen LogP contribution is -2.43. The monoisotopic (exact) mass is 330 g/mol. The van der Waals surface area contributed by atoms with E-state index < -0.39 is 10.0 Å². The van der Waals surface area contributed by atoms with Crippen molar-refractivity contribution in [2.75, 3.05) is 38.6 Å². The minimum absolute atomic E-state index is 0.0573. The van der Waals surface area contributed by atoms with Gasteiger partial charge in [-0.15, -0.1) is 0 Å². The highest BCUT2D eigenvalue weighted by atomic mass is 32.2. The van der Waals surface area contributed by atoms with Gasteiger partial charge in [0, 0.05) is 37.5 Å². The zero-order chi connectivity index (χ0) is 14.9. The summed E-state index contributed by atoms with van der Waals surface area (Å²) in [6.07, 6.45) is 0. The average molecular weight is 330 g/mol. The van der Waals surface area contributed by atoms with Crippen LogP contribution in [0.5, 0.6) is 0 Å². The molecule has 1 aromatic rings. The Morgan fingerprint density at radius 1 is 1.57 bits per heavy atom. The number of rotatable bonds is 6. The molecule has 0 aliphatic carbocycles. The lowest BCUT2D eigenvalue weighted by atomic mass is 9.81. The second-order valence-electron chi connectivity index (χ2n) is 6.10. The molecular weight excluding hydrogens is 308 g/mol. The van der Waals surface area contributed by atoms with Crippen molar-refractivity contribution in [3.8, 4) is 0 Å². The maximum atomic E-state index is 11.7. The summed E-state index contributed by atoms with van der Waals surface area (Å²) in [5.74, 6) is 0.559. The van der Waals surface area contributed by atoms with E-state index in [0.717, 1.165) is 26.2 Å². The summed E-state index contributed by atoms with van der Waals surface area (Å²) < 4.78 is 31.8. The number of fused-ring (bicyclic) bond motifs is 1. The molecule has 2 fully saturated rings. The van der Waals surface area contributed by atoms with E-state index in [2.05, 4.69) is 26.4 Å². The summed E-state index contributed by atoms with van der Waals surface area (Å²) >= 11 is 1.72. The molecule has 2 atom stereocenters. The van der Waals surface area contributed by atoms with Crippen molar-refractivity contribution >= 4 is 21.4 Å². The van der Waals surface area contributed by atoms with Crippen molar-refractivity contribution in [1.82, 2.24) is 9.62 Å². The number of thiophene rings is 1. The first-order chi connectivity index (χ1) is 10.0. The van der Waals surface area contributed by atoms with Gasteiger partial charge in [0.05, 0.1) is 19.0 Å². The largest absolute Gasteiger partial charge is 0.380 e. The fourth-order valence-electron chi connectivity index (χ4n) is 3.31. The number of hydrogen-bond acceptors (Lipinski definition) is 5. The minimum Gasteiger partial charge on any atom is -0.380 e. The lowest BCUT2D eigenvalue weighted by Gasteiger charge is -2.27. The van der Waals surface area contributed by atoms with Crippen LogP contribution in [-0.4, -0.2) is 51.9 Å². The number of sulfonamides is 1. The second-order valence-corrected chi connectivity index (χ2v) is 8.98. The molecule has 3 heterocycles. The van der Waals surface area contributed by atoms with E-state index in [1.54, 1.807) is 18.3 Å². The van der Waals surface area contributed by atoms with E-state index in [0.29, 0.717) is 19.1 Å². The first kappa shape index (κ1) is 15.4. The van der Waals surface area contributed by atoms with Crippen LogP contribution >= 0.6 is 11.3 Å². The van der Waals surface area contributed by atoms with Crippen LogP contribution in [0.25, 0.3) is 0 Å². The highest BCUT2D eigenvalue weighted by Crippen LogP contribution is 2.41. The molecule has 3 rings (SSSR count). The number of ether oxygens (including phenoxy) is 1. The summed E-state index contributed by atoms with van der Waals surface area (Å²) in [4.78, 5) is 2.43. The molecule has 0 aromatic carbocycles. The molecule has 2 aliphatic heterocycles. The molecule has 21 heavy (non-hydrogen) atoms. The Balaban J connectivity index is 1.66. The third-order valence-electron chi connectivity index (χ3n) is 4.60. The number of hydrogen-bond donors (Lipinski definition) is 1. The zero-order valence-electron chi connectivity index (χ0n) is 12.2. The molecule has 5 nitrogen and oxygen atoms in total. The summed E-state index contributed by atoms with van der Waals surface area (Å²) in [5, 5.41) is 4.28. The predicted molar refractivity (Wildman–Crippen MR) is 83.8 cm³/mol. The Bertz CT molecular complexity index is 573. The fourth-order valence-corrected chi connectivity index (χ4v) is 4.68. The van der Waals surface area contributed by atoms with Crippen LogP contribution in [0.4, 0.5) is 0 Å². The molecule has 0 radical (unpaired) electrons. The molecule has 7 heteroatoms. The molecule has 0 unspecified atom stereocenters. The quantitative estimate of drug-likeness (QED) is 0.850. The van der Waals surface area contributed by atoms with Crippen molar-refractivity contribution < 1.29 is 13.2 Å². The van der Waals surface area contributed by atoms with Crippen LogP contribution in [0.3, 0.4) is 0 Å². The molecule has 2 saturated heterocycles. The van der Waals surface area contributed by atoms with E-state index in [4.69, 9.17) is 4.74 Å². The standard InChI is InChI=1S/C14H22N2O3S2/c1-2-21(17,18)15-9-14-10-16(5-12-3-4-20-8-12)6-13(14)7-19-11-14/h3-4,8,13,15H,2,5-7,9-11H2,1H3/t13-,14+/m0/s1. The molecule has 1 N–H and O–H groups in total. The molecule has 0 amide bonds. The smallest absolute Gasteiger partial charge is 0.211 e. The third kappa shape index (κ3) is 3.32. The predicted octanol–water partition coefficient (Wildman–Crippen LogP) is 1.14. The Kier molecular flexibility index (Phi) is 4.38. The van der Waals surface area contributed by atoms with E-state index in [9.17, 15) is 8.42 Å². The summed E-state index contributed by atoms with van der Waals surface area (Å²) in [6.45, 7) is 6.40. The van der Waals surface area contributed by atoms with Crippen LogP contribution in [0, 0.1) is 11.3 Å².